The Balaban J connectivity index is 1.75. The number of hydrogen-bond acceptors (Lipinski definition) is 4. The molecule has 0 amide bonds. The number of fused-ring (bicyclic) bond motifs is 1. The third kappa shape index (κ3) is 5.32. The van der Waals surface area contributed by atoms with Gasteiger partial charge in [-0.15, -0.1) is 0 Å². The third-order valence-corrected chi connectivity index (χ3v) is 4.82. The molecule has 1 heterocycles. The SMILES string of the molecule is CC(=O)c1cccc(/C2=C\CCCOc3ccccc3C(=O)OCCCC2)c1. The second-order valence-corrected chi connectivity index (χ2v) is 6.95. The number of allylic oxidation sites excluding steroid dienone is 2. The van der Waals surface area contributed by atoms with E-state index in [1.807, 2.05) is 36.4 Å². The first kappa shape index (κ1) is 19.9. The number of Topliss-reactive ketones (excluding diaryl/α,β-unsaturated/α-hetero) is 1. The smallest absolute Gasteiger partial charge is 0.341 e. The topological polar surface area (TPSA) is 52.6 Å². The number of carbonyl (C=O) groups excluding carboxylic acids is 2. The highest BCUT2D eigenvalue weighted by molar-refractivity contribution is 5.95. The Hall–Kier alpha value is -2.88. The van der Waals surface area contributed by atoms with Crippen molar-refractivity contribution in [2.24, 2.45) is 0 Å². The summed E-state index contributed by atoms with van der Waals surface area (Å²) >= 11 is 0. The van der Waals surface area contributed by atoms with Crippen LogP contribution in [0.5, 0.6) is 5.75 Å². The molecule has 0 bridgehead atoms. The lowest BCUT2D eigenvalue weighted by Gasteiger charge is -2.13. The Labute approximate surface area is 166 Å². The second kappa shape index (κ2) is 9.88. The summed E-state index contributed by atoms with van der Waals surface area (Å²) in [6.07, 6.45) is 6.56. The zero-order valence-electron chi connectivity index (χ0n) is 16.3. The number of benzene rings is 2. The average molecular weight is 378 g/mol. The van der Waals surface area contributed by atoms with E-state index in [0.29, 0.717) is 24.5 Å². The van der Waals surface area contributed by atoms with Gasteiger partial charge >= 0.3 is 5.97 Å². The van der Waals surface area contributed by atoms with E-state index < -0.39 is 0 Å². The molecule has 4 nitrogen and oxygen atoms in total. The Bertz CT molecular complexity index is 866. The number of ketones is 1. The standard InChI is InChI=1S/C24H26O4/c1-18(25)20-11-8-12-21(17-20)19-9-4-6-15-27-23-14-3-2-13-22(23)24(26)28-16-7-5-10-19/h2-3,8-9,11-14,17H,4-7,10,15-16H2,1H3/b19-9-. The molecule has 1 aliphatic rings. The monoisotopic (exact) mass is 378 g/mol. The number of esters is 1. The summed E-state index contributed by atoms with van der Waals surface area (Å²) in [7, 11) is 0. The minimum Gasteiger partial charge on any atom is -0.493 e. The highest BCUT2D eigenvalue weighted by Crippen LogP contribution is 2.25. The van der Waals surface area contributed by atoms with Crippen molar-refractivity contribution in [3.63, 3.8) is 0 Å². The van der Waals surface area contributed by atoms with Crippen molar-refractivity contribution in [3.05, 3.63) is 71.3 Å². The molecule has 0 saturated carbocycles. The van der Waals surface area contributed by atoms with Crippen LogP contribution in [0, 0.1) is 0 Å². The summed E-state index contributed by atoms with van der Waals surface area (Å²) in [5.74, 6) is 0.308. The molecule has 2 aromatic rings. The third-order valence-electron chi connectivity index (χ3n) is 4.82. The van der Waals surface area contributed by atoms with Gasteiger partial charge < -0.3 is 9.47 Å². The minimum absolute atomic E-state index is 0.0716. The molecule has 0 unspecified atom stereocenters. The fourth-order valence-corrected chi connectivity index (χ4v) is 3.27. The Morgan fingerprint density at radius 3 is 2.61 bits per heavy atom. The van der Waals surface area contributed by atoms with Crippen molar-refractivity contribution in [1.29, 1.82) is 0 Å². The van der Waals surface area contributed by atoms with E-state index in [-0.39, 0.29) is 11.8 Å². The minimum atomic E-state index is -0.336. The van der Waals surface area contributed by atoms with E-state index in [0.717, 1.165) is 43.2 Å². The molecule has 2 aromatic carbocycles. The van der Waals surface area contributed by atoms with Crippen LogP contribution in [-0.2, 0) is 4.74 Å². The van der Waals surface area contributed by atoms with Gasteiger partial charge in [0.05, 0.1) is 13.2 Å². The molecule has 0 N–H and O–H groups in total. The lowest BCUT2D eigenvalue weighted by Crippen LogP contribution is -2.10. The molecule has 28 heavy (non-hydrogen) atoms. The van der Waals surface area contributed by atoms with Crippen molar-refractivity contribution in [3.8, 4) is 5.75 Å². The molecule has 0 saturated heterocycles. The summed E-state index contributed by atoms with van der Waals surface area (Å²) in [5.41, 5.74) is 3.53. The van der Waals surface area contributed by atoms with Crippen LogP contribution >= 0.6 is 0 Å². The predicted octanol–water partition coefficient (Wildman–Crippen LogP) is 5.47. The van der Waals surface area contributed by atoms with E-state index in [2.05, 4.69) is 6.08 Å². The average Bonchev–Trinajstić information content (AvgIpc) is 2.71. The summed E-state index contributed by atoms with van der Waals surface area (Å²) in [6, 6.07) is 15.0. The number of cyclic esters (lactones) is 1. The number of hydrogen-bond donors (Lipinski definition) is 0. The number of carbonyl (C=O) groups is 2. The highest BCUT2D eigenvalue weighted by Gasteiger charge is 2.14. The maximum absolute atomic E-state index is 12.3. The quantitative estimate of drug-likeness (QED) is 0.513. The molecule has 4 heteroatoms. The summed E-state index contributed by atoms with van der Waals surface area (Å²) in [4.78, 5) is 24.0. The zero-order chi connectivity index (χ0) is 19.8. The molecule has 0 atom stereocenters. The van der Waals surface area contributed by atoms with Crippen LogP contribution in [0.2, 0.25) is 0 Å². The van der Waals surface area contributed by atoms with Crippen LogP contribution in [0.4, 0.5) is 0 Å². The predicted molar refractivity (Wildman–Crippen MR) is 110 cm³/mol. The molecule has 0 fully saturated rings. The molecular formula is C24H26O4. The van der Waals surface area contributed by atoms with Gasteiger partial charge in [-0.05, 0) is 68.4 Å². The summed E-state index contributed by atoms with van der Waals surface area (Å²) in [5, 5.41) is 0. The van der Waals surface area contributed by atoms with Gasteiger partial charge in [-0.25, -0.2) is 4.79 Å². The first-order valence-electron chi connectivity index (χ1n) is 9.84. The summed E-state index contributed by atoms with van der Waals surface area (Å²) < 4.78 is 11.2. The molecule has 0 spiro atoms. The van der Waals surface area contributed by atoms with Gasteiger partial charge in [-0.1, -0.05) is 36.4 Å². The van der Waals surface area contributed by atoms with Crippen LogP contribution in [0.15, 0.2) is 54.6 Å². The lowest BCUT2D eigenvalue weighted by atomic mass is 9.96. The molecule has 1 aliphatic heterocycles. The number of para-hydroxylation sites is 1. The van der Waals surface area contributed by atoms with Crippen LogP contribution in [0.25, 0.3) is 5.57 Å². The molecular weight excluding hydrogens is 352 g/mol. The van der Waals surface area contributed by atoms with E-state index in [4.69, 9.17) is 9.47 Å². The van der Waals surface area contributed by atoms with Crippen LogP contribution in [0.3, 0.4) is 0 Å². The van der Waals surface area contributed by atoms with Gasteiger partial charge in [0.15, 0.2) is 5.78 Å². The highest BCUT2D eigenvalue weighted by atomic mass is 16.5. The van der Waals surface area contributed by atoms with Crippen molar-refractivity contribution in [2.75, 3.05) is 13.2 Å². The first-order chi connectivity index (χ1) is 13.6. The van der Waals surface area contributed by atoms with Gasteiger partial charge in [-0.3, -0.25) is 4.79 Å². The molecule has 3 rings (SSSR count). The largest absolute Gasteiger partial charge is 0.493 e. The Morgan fingerprint density at radius 1 is 0.929 bits per heavy atom. The van der Waals surface area contributed by atoms with Crippen molar-refractivity contribution < 1.29 is 19.1 Å². The van der Waals surface area contributed by atoms with Gasteiger partial charge in [-0.2, -0.15) is 0 Å². The van der Waals surface area contributed by atoms with Crippen molar-refractivity contribution in [2.45, 2.75) is 39.0 Å². The summed E-state index contributed by atoms with van der Waals surface area (Å²) in [6.45, 7) is 2.50. The molecule has 0 aromatic heterocycles. The Kier molecular flexibility index (Phi) is 7.01. The molecule has 146 valence electrons. The molecule has 0 aliphatic carbocycles. The lowest BCUT2D eigenvalue weighted by molar-refractivity contribution is 0.0494. The number of rotatable bonds is 2. The van der Waals surface area contributed by atoms with Crippen LogP contribution in [-0.4, -0.2) is 25.0 Å². The maximum atomic E-state index is 12.3. The van der Waals surface area contributed by atoms with Crippen molar-refractivity contribution in [1.82, 2.24) is 0 Å². The van der Waals surface area contributed by atoms with E-state index in [1.54, 1.807) is 19.1 Å². The first-order valence-corrected chi connectivity index (χ1v) is 9.84. The fourth-order valence-electron chi connectivity index (χ4n) is 3.27. The van der Waals surface area contributed by atoms with Gasteiger partial charge in [0.25, 0.3) is 0 Å². The van der Waals surface area contributed by atoms with Gasteiger partial charge in [0, 0.05) is 5.56 Å². The van der Waals surface area contributed by atoms with E-state index >= 15 is 0 Å². The fraction of sp³-hybridized carbons (Fsp3) is 0.333. The van der Waals surface area contributed by atoms with Crippen LogP contribution in [0.1, 0.15) is 65.3 Å². The normalized spacial score (nSPS) is 17.9. The van der Waals surface area contributed by atoms with Crippen molar-refractivity contribution >= 4 is 17.3 Å². The second-order valence-electron chi connectivity index (χ2n) is 6.95. The zero-order valence-corrected chi connectivity index (χ0v) is 16.3. The van der Waals surface area contributed by atoms with E-state index in [1.165, 1.54) is 5.57 Å². The van der Waals surface area contributed by atoms with E-state index in [9.17, 15) is 9.59 Å². The maximum Gasteiger partial charge on any atom is 0.341 e. The van der Waals surface area contributed by atoms with Gasteiger partial charge in [0.2, 0.25) is 0 Å². The number of ether oxygens (including phenoxy) is 2. The molecule has 0 radical (unpaired) electrons. The van der Waals surface area contributed by atoms with Crippen LogP contribution < -0.4 is 4.74 Å². The Morgan fingerprint density at radius 2 is 1.75 bits per heavy atom. The van der Waals surface area contributed by atoms with Gasteiger partial charge in [0.1, 0.15) is 11.3 Å².